The Morgan fingerprint density at radius 2 is 1.57 bits per heavy atom. The molecule has 0 spiro atoms. The highest BCUT2D eigenvalue weighted by Gasteiger charge is 2.27. The molecule has 3 aliphatic rings. The number of nitrogens with zero attached hydrogens (tertiary/aromatic N) is 2. The zero-order chi connectivity index (χ0) is 14.5. The Labute approximate surface area is 127 Å². The van der Waals surface area contributed by atoms with Crippen molar-refractivity contribution >= 4 is 6.41 Å². The summed E-state index contributed by atoms with van der Waals surface area (Å²) in [5.74, 6) is 0.909. The van der Waals surface area contributed by atoms with Crippen LogP contribution >= 0.6 is 0 Å². The molecule has 3 nitrogen and oxygen atoms in total. The van der Waals surface area contributed by atoms with Crippen molar-refractivity contribution in [2.45, 2.75) is 44.1 Å². The van der Waals surface area contributed by atoms with E-state index >= 15 is 0 Å². The highest BCUT2D eigenvalue weighted by Crippen LogP contribution is 2.39. The quantitative estimate of drug-likeness (QED) is 0.798. The predicted molar refractivity (Wildman–Crippen MR) is 85.3 cm³/mol. The number of hydrogen-bond acceptors (Lipinski definition) is 2. The summed E-state index contributed by atoms with van der Waals surface area (Å²) in [6.07, 6.45) is 7.94. The number of amides is 1. The lowest BCUT2D eigenvalue weighted by Crippen LogP contribution is -2.51. The van der Waals surface area contributed by atoms with Crippen LogP contribution in [0.1, 0.15) is 43.6 Å². The Balaban J connectivity index is 0.000000131. The lowest BCUT2D eigenvalue weighted by atomic mass is 9.91. The molecule has 0 aromatic heterocycles. The molecule has 0 unspecified atom stereocenters. The molecule has 1 aliphatic heterocycles. The molecule has 1 heterocycles. The van der Waals surface area contributed by atoms with E-state index in [1.807, 2.05) is 4.90 Å². The summed E-state index contributed by atoms with van der Waals surface area (Å²) in [7, 11) is 0. The zero-order valence-electron chi connectivity index (χ0n) is 12.8. The fraction of sp³-hybridized carbons (Fsp3) is 0.611. The number of carbonyl (C=O) groups is 1. The molecule has 3 fully saturated rings. The predicted octanol–water partition coefficient (Wildman–Crippen LogP) is 2.88. The van der Waals surface area contributed by atoms with Gasteiger partial charge in [-0.05, 0) is 37.2 Å². The van der Waals surface area contributed by atoms with Crippen molar-refractivity contribution in [1.29, 1.82) is 0 Å². The maximum absolute atomic E-state index is 10.4. The molecule has 21 heavy (non-hydrogen) atoms. The van der Waals surface area contributed by atoms with Crippen molar-refractivity contribution < 1.29 is 4.79 Å². The standard InChI is InChI=1S/C9H16N2O.C9H10/c12-8-10-4-6-11(7-5-10)9-2-1-3-9;1-2-4-8(5-3-1)9-6-7-9/h8-9H,1-7H2;1-5,9H,6-7H2. The van der Waals surface area contributed by atoms with Gasteiger partial charge in [-0.2, -0.15) is 0 Å². The van der Waals surface area contributed by atoms with Gasteiger partial charge in [0.05, 0.1) is 0 Å². The number of rotatable bonds is 3. The molecule has 2 saturated carbocycles. The minimum Gasteiger partial charge on any atom is -0.343 e. The average Bonchev–Trinajstić information content (AvgIpc) is 3.33. The summed E-state index contributed by atoms with van der Waals surface area (Å²) in [4.78, 5) is 14.8. The Bertz CT molecular complexity index is 432. The molecular formula is C18H26N2O. The summed E-state index contributed by atoms with van der Waals surface area (Å²) in [5, 5.41) is 0. The van der Waals surface area contributed by atoms with Gasteiger partial charge in [0, 0.05) is 32.2 Å². The minimum atomic E-state index is 0.846. The first-order chi connectivity index (χ1) is 10.4. The van der Waals surface area contributed by atoms with Crippen molar-refractivity contribution in [3.05, 3.63) is 35.9 Å². The van der Waals surface area contributed by atoms with Crippen LogP contribution in [0.4, 0.5) is 0 Å². The van der Waals surface area contributed by atoms with Crippen molar-refractivity contribution in [2.24, 2.45) is 0 Å². The molecule has 2 aliphatic carbocycles. The van der Waals surface area contributed by atoms with Crippen LogP contribution in [-0.2, 0) is 4.79 Å². The summed E-state index contributed by atoms with van der Waals surface area (Å²) >= 11 is 0. The van der Waals surface area contributed by atoms with E-state index in [1.165, 1.54) is 37.7 Å². The van der Waals surface area contributed by atoms with E-state index in [0.29, 0.717) is 0 Å². The van der Waals surface area contributed by atoms with Crippen LogP contribution in [0.5, 0.6) is 0 Å². The van der Waals surface area contributed by atoms with Crippen molar-refractivity contribution in [3.63, 3.8) is 0 Å². The van der Waals surface area contributed by atoms with E-state index in [0.717, 1.165) is 44.5 Å². The monoisotopic (exact) mass is 286 g/mol. The highest BCUT2D eigenvalue weighted by atomic mass is 16.1. The van der Waals surface area contributed by atoms with Crippen LogP contribution in [-0.4, -0.2) is 48.4 Å². The van der Waals surface area contributed by atoms with Crippen molar-refractivity contribution in [2.75, 3.05) is 26.2 Å². The van der Waals surface area contributed by atoms with Gasteiger partial charge in [-0.25, -0.2) is 0 Å². The zero-order valence-corrected chi connectivity index (χ0v) is 12.8. The normalized spacial score (nSPS) is 23.0. The lowest BCUT2D eigenvalue weighted by Gasteiger charge is -2.42. The van der Waals surface area contributed by atoms with Gasteiger partial charge in [-0.3, -0.25) is 9.69 Å². The summed E-state index contributed by atoms with van der Waals surface area (Å²) in [6, 6.07) is 11.6. The fourth-order valence-corrected chi connectivity index (χ4v) is 3.10. The largest absolute Gasteiger partial charge is 0.343 e. The van der Waals surface area contributed by atoms with E-state index in [4.69, 9.17) is 0 Å². The van der Waals surface area contributed by atoms with Gasteiger partial charge in [-0.1, -0.05) is 36.8 Å². The van der Waals surface area contributed by atoms with Gasteiger partial charge >= 0.3 is 0 Å². The van der Waals surface area contributed by atoms with Crippen molar-refractivity contribution in [1.82, 2.24) is 9.80 Å². The van der Waals surface area contributed by atoms with E-state index in [-0.39, 0.29) is 0 Å². The molecule has 0 atom stereocenters. The Morgan fingerprint density at radius 1 is 0.905 bits per heavy atom. The molecular weight excluding hydrogens is 260 g/mol. The minimum absolute atomic E-state index is 0.846. The number of hydrogen-bond donors (Lipinski definition) is 0. The Hall–Kier alpha value is -1.35. The number of benzene rings is 1. The summed E-state index contributed by atoms with van der Waals surface area (Å²) in [5.41, 5.74) is 1.53. The Morgan fingerprint density at radius 3 is 2.05 bits per heavy atom. The second-order valence-corrected chi connectivity index (χ2v) is 6.45. The van der Waals surface area contributed by atoms with E-state index in [9.17, 15) is 4.79 Å². The average molecular weight is 286 g/mol. The SMILES string of the molecule is O=CN1CCN(C2CCC2)CC1.c1ccc(C2CC2)cc1. The smallest absolute Gasteiger partial charge is 0.209 e. The summed E-state index contributed by atoms with van der Waals surface area (Å²) < 4.78 is 0. The highest BCUT2D eigenvalue weighted by molar-refractivity contribution is 5.47. The third-order valence-electron chi connectivity index (χ3n) is 4.94. The molecule has 114 valence electrons. The van der Waals surface area contributed by atoms with E-state index in [2.05, 4.69) is 35.2 Å². The molecule has 0 N–H and O–H groups in total. The molecule has 0 radical (unpaired) electrons. The first-order valence-corrected chi connectivity index (χ1v) is 8.35. The third-order valence-corrected chi connectivity index (χ3v) is 4.94. The second-order valence-electron chi connectivity index (χ2n) is 6.45. The van der Waals surface area contributed by atoms with Gasteiger partial charge in [0.2, 0.25) is 6.41 Å². The van der Waals surface area contributed by atoms with E-state index < -0.39 is 0 Å². The molecule has 4 rings (SSSR count). The maximum Gasteiger partial charge on any atom is 0.209 e. The van der Waals surface area contributed by atoms with E-state index in [1.54, 1.807) is 0 Å². The van der Waals surface area contributed by atoms with Crippen LogP contribution in [0.2, 0.25) is 0 Å². The molecule has 1 amide bonds. The number of piperazine rings is 1. The van der Waals surface area contributed by atoms with Crippen LogP contribution in [0.25, 0.3) is 0 Å². The molecule has 1 aromatic carbocycles. The third kappa shape index (κ3) is 4.07. The molecule has 1 aromatic rings. The van der Waals surface area contributed by atoms with Crippen molar-refractivity contribution in [3.8, 4) is 0 Å². The second kappa shape index (κ2) is 7.08. The van der Waals surface area contributed by atoms with Gasteiger partial charge in [0.15, 0.2) is 0 Å². The molecule has 1 saturated heterocycles. The van der Waals surface area contributed by atoms with Crippen LogP contribution in [0, 0.1) is 0 Å². The lowest BCUT2D eigenvalue weighted by molar-refractivity contribution is -0.120. The maximum atomic E-state index is 10.4. The van der Waals surface area contributed by atoms with Crippen LogP contribution in [0.3, 0.4) is 0 Å². The molecule has 0 bridgehead atoms. The van der Waals surface area contributed by atoms with Gasteiger partial charge in [-0.15, -0.1) is 0 Å². The van der Waals surface area contributed by atoms with Gasteiger partial charge < -0.3 is 4.90 Å². The summed E-state index contributed by atoms with van der Waals surface area (Å²) in [6.45, 7) is 4.03. The topological polar surface area (TPSA) is 23.6 Å². The van der Waals surface area contributed by atoms with Crippen LogP contribution < -0.4 is 0 Å². The first kappa shape index (κ1) is 14.6. The molecule has 3 heteroatoms. The Kier molecular flexibility index (Phi) is 4.91. The van der Waals surface area contributed by atoms with Gasteiger partial charge in [0.25, 0.3) is 0 Å². The van der Waals surface area contributed by atoms with Crippen LogP contribution in [0.15, 0.2) is 30.3 Å². The number of carbonyl (C=O) groups excluding carboxylic acids is 1. The first-order valence-electron chi connectivity index (χ1n) is 8.35. The van der Waals surface area contributed by atoms with Gasteiger partial charge in [0.1, 0.15) is 0 Å². The fourth-order valence-electron chi connectivity index (χ4n) is 3.10.